The van der Waals surface area contributed by atoms with Crippen LogP contribution in [-0.2, 0) is 12.7 Å². The molecule has 0 amide bonds. The summed E-state index contributed by atoms with van der Waals surface area (Å²) in [6.07, 6.45) is -4.56. The number of rotatable bonds is 3. The van der Waals surface area contributed by atoms with Gasteiger partial charge in [0.1, 0.15) is 5.82 Å². The van der Waals surface area contributed by atoms with Gasteiger partial charge in [-0.15, -0.1) is 0 Å². The van der Waals surface area contributed by atoms with Crippen LogP contribution in [-0.4, -0.2) is 19.3 Å². The predicted octanol–water partition coefficient (Wildman–Crippen LogP) is 1.56. The second kappa shape index (κ2) is 4.96. The molecule has 2 aromatic rings. The van der Waals surface area contributed by atoms with E-state index in [2.05, 4.69) is 24.6 Å². The minimum atomic E-state index is -4.56. The van der Waals surface area contributed by atoms with Crippen LogP contribution in [0.25, 0.3) is 0 Å². The zero-order valence-electron chi connectivity index (χ0n) is 9.58. The fourth-order valence-corrected chi connectivity index (χ4v) is 1.88. The van der Waals surface area contributed by atoms with E-state index in [1.165, 1.54) is 6.07 Å². The molecule has 0 bridgehead atoms. The number of aryl methyl sites for hydroxylation is 1. The highest BCUT2D eigenvalue weighted by atomic mass is 32.1. The first-order valence-electron chi connectivity index (χ1n) is 5.06. The number of aromatic nitrogens is 4. The standard InChI is InChI=1S/C9H8F3N5OS/c1-4-2-6(18)15-5(14-4)3-13-8-16-7(17-19-8)9(10,11)12/h2H,3H2,1H3,(H,13,16,17)(H,14,15,18). The molecule has 0 spiro atoms. The molecule has 0 atom stereocenters. The van der Waals surface area contributed by atoms with E-state index in [-0.39, 0.29) is 17.2 Å². The molecule has 0 aliphatic carbocycles. The van der Waals surface area contributed by atoms with Crippen LogP contribution in [0.15, 0.2) is 10.9 Å². The van der Waals surface area contributed by atoms with E-state index in [9.17, 15) is 18.0 Å². The smallest absolute Gasteiger partial charge is 0.353 e. The van der Waals surface area contributed by atoms with Crippen LogP contribution in [0, 0.1) is 6.92 Å². The Labute approximate surface area is 108 Å². The molecule has 102 valence electrons. The maximum Gasteiger partial charge on any atom is 0.452 e. The van der Waals surface area contributed by atoms with Gasteiger partial charge in [0.05, 0.1) is 6.54 Å². The molecule has 0 aliphatic heterocycles. The second-order valence-corrected chi connectivity index (χ2v) is 4.36. The zero-order chi connectivity index (χ0) is 14.0. The van der Waals surface area contributed by atoms with Gasteiger partial charge in [-0.3, -0.25) is 4.79 Å². The highest BCUT2D eigenvalue weighted by Crippen LogP contribution is 2.28. The summed E-state index contributed by atoms with van der Waals surface area (Å²) in [5.74, 6) is -0.876. The van der Waals surface area contributed by atoms with Crippen LogP contribution in [0.5, 0.6) is 0 Å². The van der Waals surface area contributed by atoms with Crippen molar-refractivity contribution in [3.05, 3.63) is 33.8 Å². The average Bonchev–Trinajstić information content (AvgIpc) is 2.73. The molecule has 0 aliphatic rings. The second-order valence-electron chi connectivity index (χ2n) is 3.61. The summed E-state index contributed by atoms with van der Waals surface area (Å²) in [5.41, 5.74) is 0.200. The molecular weight excluding hydrogens is 283 g/mol. The number of hydrogen-bond acceptors (Lipinski definition) is 6. The van der Waals surface area contributed by atoms with Gasteiger partial charge < -0.3 is 10.3 Å². The van der Waals surface area contributed by atoms with Crippen molar-refractivity contribution in [1.82, 2.24) is 19.3 Å². The lowest BCUT2D eigenvalue weighted by molar-refractivity contribution is -0.144. The third kappa shape index (κ3) is 3.50. The van der Waals surface area contributed by atoms with Gasteiger partial charge in [0.15, 0.2) is 0 Å². The highest BCUT2D eigenvalue weighted by Gasteiger charge is 2.36. The van der Waals surface area contributed by atoms with Gasteiger partial charge >= 0.3 is 6.18 Å². The fourth-order valence-electron chi connectivity index (χ4n) is 1.29. The zero-order valence-corrected chi connectivity index (χ0v) is 10.4. The summed E-state index contributed by atoms with van der Waals surface area (Å²) < 4.78 is 40.0. The SMILES string of the molecule is Cc1cc(=O)[nH]c(CNc2nc(C(F)(F)F)ns2)n1. The number of H-pyrrole nitrogens is 1. The van der Waals surface area contributed by atoms with Crippen LogP contribution in [0.4, 0.5) is 18.3 Å². The van der Waals surface area contributed by atoms with Crippen molar-refractivity contribution >= 4 is 16.7 Å². The van der Waals surface area contributed by atoms with Gasteiger partial charge in [0.25, 0.3) is 5.56 Å². The lowest BCUT2D eigenvalue weighted by atomic mass is 10.4. The highest BCUT2D eigenvalue weighted by molar-refractivity contribution is 7.09. The predicted molar refractivity (Wildman–Crippen MR) is 61.8 cm³/mol. The van der Waals surface area contributed by atoms with E-state index >= 15 is 0 Å². The number of anilines is 1. The largest absolute Gasteiger partial charge is 0.452 e. The number of nitrogens with zero attached hydrogens (tertiary/aromatic N) is 3. The Kier molecular flexibility index (Phi) is 3.51. The van der Waals surface area contributed by atoms with Crippen molar-refractivity contribution < 1.29 is 13.2 Å². The Bertz CT molecular complexity index is 635. The normalized spacial score (nSPS) is 11.6. The maximum atomic E-state index is 12.3. The molecular formula is C9H8F3N5OS. The van der Waals surface area contributed by atoms with Crippen molar-refractivity contribution in [2.24, 2.45) is 0 Å². The molecule has 0 radical (unpaired) electrons. The van der Waals surface area contributed by atoms with E-state index < -0.39 is 12.0 Å². The minimum absolute atomic E-state index is 0.0106. The Morgan fingerprint density at radius 3 is 2.74 bits per heavy atom. The topological polar surface area (TPSA) is 83.6 Å². The van der Waals surface area contributed by atoms with Gasteiger partial charge in [-0.1, -0.05) is 0 Å². The third-order valence-corrected chi connectivity index (χ3v) is 2.68. The summed E-state index contributed by atoms with van der Waals surface area (Å²) in [6.45, 7) is 1.70. The summed E-state index contributed by atoms with van der Waals surface area (Å²) in [5, 5.41) is 2.63. The Balaban J connectivity index is 2.06. The monoisotopic (exact) mass is 291 g/mol. The summed E-state index contributed by atoms with van der Waals surface area (Å²) >= 11 is 0.592. The third-order valence-electron chi connectivity index (χ3n) is 2.01. The molecule has 0 saturated carbocycles. The van der Waals surface area contributed by atoms with Crippen molar-refractivity contribution in [3.63, 3.8) is 0 Å². The van der Waals surface area contributed by atoms with Crippen LogP contribution in [0.2, 0.25) is 0 Å². The van der Waals surface area contributed by atoms with Gasteiger partial charge in [-0.2, -0.15) is 22.5 Å². The van der Waals surface area contributed by atoms with E-state index in [0.29, 0.717) is 23.1 Å². The molecule has 0 aromatic carbocycles. The van der Waals surface area contributed by atoms with E-state index in [1.807, 2.05) is 0 Å². The van der Waals surface area contributed by atoms with Crippen LogP contribution in [0.3, 0.4) is 0 Å². The quantitative estimate of drug-likeness (QED) is 0.896. The van der Waals surface area contributed by atoms with Gasteiger partial charge in [0.2, 0.25) is 11.0 Å². The minimum Gasteiger partial charge on any atom is -0.353 e. The molecule has 2 rings (SSSR count). The number of hydrogen-bond donors (Lipinski definition) is 2. The molecule has 2 heterocycles. The van der Waals surface area contributed by atoms with E-state index in [0.717, 1.165) is 0 Å². The van der Waals surface area contributed by atoms with Crippen molar-refractivity contribution in [1.29, 1.82) is 0 Å². The lowest BCUT2D eigenvalue weighted by Gasteiger charge is -2.02. The molecule has 2 aromatic heterocycles. The maximum absolute atomic E-state index is 12.3. The van der Waals surface area contributed by atoms with Crippen molar-refractivity contribution in [2.45, 2.75) is 19.6 Å². The number of nitrogens with one attached hydrogen (secondary N) is 2. The summed E-state index contributed by atoms with van der Waals surface area (Å²) in [7, 11) is 0. The van der Waals surface area contributed by atoms with Crippen LogP contribution in [0.1, 0.15) is 17.3 Å². The summed E-state index contributed by atoms with van der Waals surface area (Å²) in [4.78, 5) is 20.9. The molecule has 0 unspecified atom stereocenters. The fraction of sp³-hybridized carbons (Fsp3) is 0.333. The average molecular weight is 291 g/mol. The lowest BCUT2D eigenvalue weighted by Crippen LogP contribution is -2.14. The molecule has 19 heavy (non-hydrogen) atoms. The first-order valence-corrected chi connectivity index (χ1v) is 5.83. The number of aromatic amines is 1. The Morgan fingerprint density at radius 1 is 1.42 bits per heavy atom. The Morgan fingerprint density at radius 2 is 2.16 bits per heavy atom. The number of alkyl halides is 3. The van der Waals surface area contributed by atoms with E-state index in [4.69, 9.17) is 0 Å². The molecule has 0 fully saturated rings. The van der Waals surface area contributed by atoms with E-state index in [1.54, 1.807) is 6.92 Å². The molecule has 2 N–H and O–H groups in total. The molecule has 0 saturated heterocycles. The molecule has 10 heteroatoms. The van der Waals surface area contributed by atoms with Gasteiger partial charge in [-0.05, 0) is 6.92 Å². The van der Waals surface area contributed by atoms with Crippen LogP contribution >= 0.6 is 11.5 Å². The van der Waals surface area contributed by atoms with Crippen molar-refractivity contribution in [2.75, 3.05) is 5.32 Å². The first kappa shape index (κ1) is 13.5. The molecule has 6 nitrogen and oxygen atoms in total. The van der Waals surface area contributed by atoms with Crippen LogP contribution < -0.4 is 10.9 Å². The van der Waals surface area contributed by atoms with Crippen molar-refractivity contribution in [3.8, 4) is 0 Å². The van der Waals surface area contributed by atoms with Gasteiger partial charge in [0, 0.05) is 23.3 Å². The summed E-state index contributed by atoms with van der Waals surface area (Å²) in [6, 6.07) is 1.32. The first-order chi connectivity index (χ1) is 8.84. The number of halogens is 3. The van der Waals surface area contributed by atoms with Gasteiger partial charge in [-0.25, -0.2) is 4.98 Å². The Hall–Kier alpha value is -1.97.